The van der Waals surface area contributed by atoms with E-state index < -0.39 is 12.2 Å². The lowest BCUT2D eigenvalue weighted by molar-refractivity contribution is -0.160. The number of carbonyl (C=O) groups excluding carboxylic acids is 1. The molecule has 1 aromatic rings. The normalized spacial score (nSPS) is 16.2. The Bertz CT molecular complexity index is 338. The Kier molecular flexibility index (Phi) is 3.81. The molecule has 1 saturated heterocycles. The summed E-state index contributed by atoms with van der Waals surface area (Å²) >= 11 is 0. The molecule has 1 aliphatic rings. The van der Waals surface area contributed by atoms with Gasteiger partial charge in [-0.1, -0.05) is 6.07 Å². The van der Waals surface area contributed by atoms with Crippen molar-refractivity contribution in [3.8, 4) is 0 Å². The van der Waals surface area contributed by atoms with Crippen molar-refractivity contribution in [1.82, 2.24) is 10.5 Å². The highest BCUT2D eigenvalue weighted by Gasteiger charge is 2.24. The van der Waals surface area contributed by atoms with Gasteiger partial charge in [-0.15, -0.1) is 0 Å². The first kappa shape index (κ1) is 11.0. The van der Waals surface area contributed by atoms with Gasteiger partial charge in [-0.05, 0) is 12.1 Å². The van der Waals surface area contributed by atoms with Crippen LogP contribution in [0.15, 0.2) is 24.4 Å². The number of hydroxylamine groups is 1. The molecule has 0 spiro atoms. The Morgan fingerprint density at radius 3 is 3.00 bits per heavy atom. The quantitative estimate of drug-likeness (QED) is 0.729. The van der Waals surface area contributed by atoms with Crippen LogP contribution in [0.5, 0.6) is 0 Å². The zero-order valence-electron chi connectivity index (χ0n) is 8.59. The number of rotatable bonds is 4. The number of ether oxygens (including phenoxy) is 2. The summed E-state index contributed by atoms with van der Waals surface area (Å²) in [5, 5.41) is 0. The monoisotopic (exact) mass is 224 g/mol. The van der Waals surface area contributed by atoms with Crippen LogP contribution in [-0.2, 0) is 25.7 Å². The third kappa shape index (κ3) is 2.99. The molecule has 1 N–H and O–H groups in total. The third-order valence-corrected chi connectivity index (χ3v) is 1.95. The highest BCUT2D eigenvalue weighted by Crippen LogP contribution is 2.03. The molecule has 0 saturated carbocycles. The number of hydrogen-bond acceptors (Lipinski definition) is 5. The lowest BCUT2D eigenvalue weighted by atomic mass is 10.4. The van der Waals surface area contributed by atoms with Crippen molar-refractivity contribution in [2.75, 3.05) is 13.2 Å². The summed E-state index contributed by atoms with van der Waals surface area (Å²) < 4.78 is 9.98. The van der Waals surface area contributed by atoms with E-state index in [2.05, 4.69) is 10.5 Å². The summed E-state index contributed by atoms with van der Waals surface area (Å²) in [6, 6.07) is 5.45. The van der Waals surface area contributed by atoms with Crippen LogP contribution in [0.1, 0.15) is 5.69 Å². The van der Waals surface area contributed by atoms with Gasteiger partial charge in [0, 0.05) is 6.20 Å². The minimum Gasteiger partial charge on any atom is -0.342 e. The van der Waals surface area contributed by atoms with E-state index in [4.69, 9.17) is 14.3 Å². The van der Waals surface area contributed by atoms with E-state index in [1.54, 1.807) is 12.3 Å². The Hall–Kier alpha value is -1.50. The minimum atomic E-state index is -0.858. The molecule has 86 valence electrons. The van der Waals surface area contributed by atoms with E-state index in [0.29, 0.717) is 13.2 Å². The topological polar surface area (TPSA) is 69.7 Å². The Morgan fingerprint density at radius 1 is 1.50 bits per heavy atom. The maximum atomic E-state index is 11.3. The van der Waals surface area contributed by atoms with Crippen molar-refractivity contribution in [2.45, 2.75) is 12.9 Å². The van der Waals surface area contributed by atoms with Crippen LogP contribution in [0.3, 0.4) is 0 Å². The molecule has 0 unspecified atom stereocenters. The van der Waals surface area contributed by atoms with Crippen molar-refractivity contribution in [1.29, 1.82) is 0 Å². The summed E-state index contributed by atoms with van der Waals surface area (Å²) in [5.41, 5.74) is 2.98. The lowest BCUT2D eigenvalue weighted by Gasteiger charge is -2.09. The molecule has 0 aliphatic carbocycles. The molecule has 2 heterocycles. The fraction of sp³-hybridized carbons (Fsp3) is 0.400. The molecule has 2 rings (SSSR count). The van der Waals surface area contributed by atoms with Gasteiger partial charge in [0.2, 0.25) is 6.29 Å². The van der Waals surface area contributed by atoms with Gasteiger partial charge in [0.25, 0.3) is 5.91 Å². The molecule has 0 atom stereocenters. The molecule has 0 radical (unpaired) electrons. The second-order valence-electron chi connectivity index (χ2n) is 3.15. The van der Waals surface area contributed by atoms with Gasteiger partial charge in [-0.3, -0.25) is 14.6 Å². The van der Waals surface area contributed by atoms with Crippen molar-refractivity contribution in [3.63, 3.8) is 0 Å². The Balaban J connectivity index is 1.70. The predicted octanol–water partition coefficient (Wildman–Crippen LogP) is 0.00230. The van der Waals surface area contributed by atoms with Crippen LogP contribution in [-0.4, -0.2) is 30.4 Å². The van der Waals surface area contributed by atoms with Gasteiger partial charge >= 0.3 is 0 Å². The molecule has 0 bridgehead atoms. The molecule has 16 heavy (non-hydrogen) atoms. The zero-order valence-corrected chi connectivity index (χ0v) is 8.59. The maximum Gasteiger partial charge on any atom is 0.300 e. The van der Waals surface area contributed by atoms with Crippen LogP contribution >= 0.6 is 0 Å². The Labute approximate surface area is 92.5 Å². The van der Waals surface area contributed by atoms with Gasteiger partial charge in [-0.25, -0.2) is 5.48 Å². The number of nitrogens with one attached hydrogen (secondary N) is 1. The van der Waals surface area contributed by atoms with Crippen molar-refractivity contribution in [3.05, 3.63) is 30.1 Å². The van der Waals surface area contributed by atoms with E-state index in [1.807, 2.05) is 12.1 Å². The van der Waals surface area contributed by atoms with Gasteiger partial charge in [0.1, 0.15) is 6.61 Å². The van der Waals surface area contributed by atoms with Crippen molar-refractivity contribution < 1.29 is 19.1 Å². The zero-order chi connectivity index (χ0) is 11.2. The van der Waals surface area contributed by atoms with Crippen LogP contribution in [0, 0.1) is 0 Å². The van der Waals surface area contributed by atoms with Gasteiger partial charge in [0.15, 0.2) is 0 Å². The average Bonchev–Trinajstić information content (AvgIpc) is 2.84. The smallest absolute Gasteiger partial charge is 0.300 e. The number of hydrogen-bond donors (Lipinski definition) is 1. The van der Waals surface area contributed by atoms with Crippen molar-refractivity contribution >= 4 is 5.91 Å². The second kappa shape index (κ2) is 5.55. The third-order valence-electron chi connectivity index (χ3n) is 1.95. The first-order valence-corrected chi connectivity index (χ1v) is 4.91. The fourth-order valence-corrected chi connectivity index (χ4v) is 1.22. The molecule has 6 heteroatoms. The molecular formula is C10H12N2O4. The predicted molar refractivity (Wildman–Crippen MR) is 52.9 cm³/mol. The standard InChI is InChI=1S/C10H12N2O4/c13-9(10-14-5-6-15-10)12-16-7-8-3-1-2-4-11-8/h1-4,10H,5-7H2,(H,12,13). The summed E-state index contributed by atoms with van der Waals surface area (Å²) in [5.74, 6) is -0.437. The first-order chi connectivity index (χ1) is 7.86. The van der Waals surface area contributed by atoms with Crippen LogP contribution in [0.4, 0.5) is 0 Å². The molecule has 1 fully saturated rings. The largest absolute Gasteiger partial charge is 0.342 e. The molecule has 1 aromatic heterocycles. The average molecular weight is 224 g/mol. The van der Waals surface area contributed by atoms with Gasteiger partial charge < -0.3 is 9.47 Å². The number of aromatic nitrogens is 1. The summed E-state index contributed by atoms with van der Waals surface area (Å²) in [6.07, 6.45) is 0.799. The number of carbonyl (C=O) groups is 1. The second-order valence-corrected chi connectivity index (χ2v) is 3.15. The highest BCUT2D eigenvalue weighted by atomic mass is 16.7. The van der Waals surface area contributed by atoms with E-state index in [9.17, 15) is 4.79 Å². The molecule has 1 amide bonds. The lowest BCUT2D eigenvalue weighted by Crippen LogP contribution is -2.35. The Morgan fingerprint density at radius 2 is 2.31 bits per heavy atom. The summed E-state index contributed by atoms with van der Waals surface area (Å²) in [7, 11) is 0. The van der Waals surface area contributed by atoms with Gasteiger partial charge in [-0.2, -0.15) is 0 Å². The maximum absolute atomic E-state index is 11.3. The number of nitrogens with zero attached hydrogens (tertiary/aromatic N) is 1. The molecular weight excluding hydrogens is 212 g/mol. The minimum absolute atomic E-state index is 0.208. The van der Waals surface area contributed by atoms with Crippen LogP contribution in [0.25, 0.3) is 0 Å². The molecule has 6 nitrogen and oxygen atoms in total. The highest BCUT2D eigenvalue weighted by molar-refractivity contribution is 5.78. The summed E-state index contributed by atoms with van der Waals surface area (Å²) in [6.45, 7) is 1.07. The fourth-order valence-electron chi connectivity index (χ4n) is 1.22. The number of amides is 1. The van der Waals surface area contributed by atoms with E-state index in [-0.39, 0.29) is 6.61 Å². The molecule has 0 aromatic carbocycles. The summed E-state index contributed by atoms with van der Waals surface area (Å²) in [4.78, 5) is 20.3. The van der Waals surface area contributed by atoms with E-state index >= 15 is 0 Å². The van der Waals surface area contributed by atoms with E-state index in [1.165, 1.54) is 0 Å². The molecule has 1 aliphatic heterocycles. The van der Waals surface area contributed by atoms with Crippen LogP contribution < -0.4 is 5.48 Å². The van der Waals surface area contributed by atoms with Crippen molar-refractivity contribution in [2.24, 2.45) is 0 Å². The van der Waals surface area contributed by atoms with Gasteiger partial charge in [0.05, 0.1) is 18.9 Å². The SMILES string of the molecule is O=C(NOCc1ccccn1)C1OCCO1. The number of pyridine rings is 1. The first-order valence-electron chi connectivity index (χ1n) is 4.91. The van der Waals surface area contributed by atoms with E-state index in [0.717, 1.165) is 5.69 Å². The van der Waals surface area contributed by atoms with Crippen LogP contribution in [0.2, 0.25) is 0 Å².